The van der Waals surface area contributed by atoms with E-state index >= 15 is 0 Å². The van der Waals surface area contributed by atoms with Crippen LogP contribution in [-0.4, -0.2) is 28.8 Å². The van der Waals surface area contributed by atoms with E-state index in [0.717, 1.165) is 47.9 Å². The van der Waals surface area contributed by atoms with Crippen molar-refractivity contribution < 1.29 is 9.59 Å². The summed E-state index contributed by atoms with van der Waals surface area (Å²) < 4.78 is 0. The van der Waals surface area contributed by atoms with Gasteiger partial charge in [-0.05, 0) is 57.2 Å². The number of benzene rings is 2. The van der Waals surface area contributed by atoms with Crippen molar-refractivity contribution in [3.8, 4) is 0 Å². The Balaban J connectivity index is 1.79. The maximum atomic E-state index is 13.4. The fraction of sp³-hybridized carbons (Fsp3) is 0.462. The summed E-state index contributed by atoms with van der Waals surface area (Å²) in [6.07, 6.45) is 4.70. The predicted molar refractivity (Wildman–Crippen MR) is 121 cm³/mol. The summed E-state index contributed by atoms with van der Waals surface area (Å²) in [6.45, 7) is 8.39. The molecule has 3 rings (SSSR count). The Morgan fingerprint density at radius 2 is 1.63 bits per heavy atom. The van der Waals surface area contributed by atoms with Crippen LogP contribution in [0.15, 0.2) is 42.5 Å². The van der Waals surface area contributed by atoms with Crippen LogP contribution in [0.3, 0.4) is 0 Å². The lowest BCUT2D eigenvalue weighted by Gasteiger charge is -2.30. The topological polar surface area (TPSA) is 49.4 Å². The van der Waals surface area contributed by atoms with E-state index in [1.54, 1.807) is 4.90 Å². The monoisotopic (exact) mass is 406 g/mol. The molecule has 2 aromatic rings. The highest BCUT2D eigenvalue weighted by Crippen LogP contribution is 2.19. The van der Waals surface area contributed by atoms with Gasteiger partial charge in [0.2, 0.25) is 11.8 Å². The molecule has 4 nitrogen and oxygen atoms in total. The average Bonchev–Trinajstić information content (AvgIpc) is 3.22. The summed E-state index contributed by atoms with van der Waals surface area (Å²) in [7, 11) is 0. The van der Waals surface area contributed by atoms with Crippen LogP contribution in [0.5, 0.6) is 0 Å². The zero-order valence-electron chi connectivity index (χ0n) is 18.7. The van der Waals surface area contributed by atoms with Crippen molar-refractivity contribution in [2.75, 3.05) is 0 Å². The summed E-state index contributed by atoms with van der Waals surface area (Å²) in [5.74, 6) is -0.0679. The molecule has 30 heavy (non-hydrogen) atoms. The number of carbonyl (C=O) groups excluding carboxylic acids is 2. The standard InChI is InChI=1S/C26H34N2O2/c1-18-10-13-22(14-11-18)17-28(21(4)26(30)27-24-7-5-6-8-24)25(29)16-23-15-19(2)9-12-20(23)3/h9-15,21,24H,5-8,16-17H2,1-4H3,(H,27,30)/t21-/m0/s1. The minimum absolute atomic E-state index is 0.0154. The van der Waals surface area contributed by atoms with E-state index < -0.39 is 6.04 Å². The SMILES string of the molecule is Cc1ccc(CN(C(=O)Cc2cc(C)ccc2C)[C@@H](C)C(=O)NC2CCCC2)cc1. The van der Waals surface area contributed by atoms with Crippen LogP contribution in [0.25, 0.3) is 0 Å². The van der Waals surface area contributed by atoms with Gasteiger partial charge in [-0.2, -0.15) is 0 Å². The molecule has 0 aliphatic heterocycles. The molecule has 1 aliphatic carbocycles. The highest BCUT2D eigenvalue weighted by molar-refractivity contribution is 5.88. The number of hydrogen-bond donors (Lipinski definition) is 1. The van der Waals surface area contributed by atoms with Crippen LogP contribution < -0.4 is 5.32 Å². The highest BCUT2D eigenvalue weighted by atomic mass is 16.2. The van der Waals surface area contributed by atoms with Gasteiger partial charge in [0.1, 0.15) is 6.04 Å². The van der Waals surface area contributed by atoms with Gasteiger partial charge in [-0.25, -0.2) is 0 Å². The first-order valence-corrected chi connectivity index (χ1v) is 11.0. The number of rotatable bonds is 7. The van der Waals surface area contributed by atoms with Crippen LogP contribution in [0.2, 0.25) is 0 Å². The van der Waals surface area contributed by atoms with E-state index in [0.29, 0.717) is 13.0 Å². The van der Waals surface area contributed by atoms with E-state index in [1.807, 2.05) is 52.0 Å². The Morgan fingerprint density at radius 1 is 1.00 bits per heavy atom. The van der Waals surface area contributed by atoms with Crippen molar-refractivity contribution in [3.63, 3.8) is 0 Å². The van der Waals surface area contributed by atoms with E-state index in [9.17, 15) is 9.59 Å². The maximum absolute atomic E-state index is 13.4. The van der Waals surface area contributed by atoms with Gasteiger partial charge in [-0.3, -0.25) is 9.59 Å². The Morgan fingerprint density at radius 3 is 2.30 bits per heavy atom. The summed E-state index contributed by atoms with van der Waals surface area (Å²) in [5.41, 5.74) is 5.49. The van der Waals surface area contributed by atoms with Crippen molar-refractivity contribution in [2.24, 2.45) is 0 Å². The normalized spacial score (nSPS) is 15.1. The van der Waals surface area contributed by atoms with Gasteiger partial charge < -0.3 is 10.2 Å². The van der Waals surface area contributed by atoms with Crippen LogP contribution >= 0.6 is 0 Å². The van der Waals surface area contributed by atoms with Crippen molar-refractivity contribution in [3.05, 3.63) is 70.3 Å². The lowest BCUT2D eigenvalue weighted by molar-refractivity contribution is -0.140. The molecule has 0 radical (unpaired) electrons. The molecular formula is C26H34N2O2. The van der Waals surface area contributed by atoms with Gasteiger partial charge >= 0.3 is 0 Å². The average molecular weight is 407 g/mol. The van der Waals surface area contributed by atoms with Gasteiger partial charge in [0.15, 0.2) is 0 Å². The first kappa shape index (κ1) is 22.1. The first-order chi connectivity index (χ1) is 14.3. The molecule has 0 unspecified atom stereocenters. The van der Waals surface area contributed by atoms with Crippen molar-refractivity contribution in [2.45, 2.75) is 78.4 Å². The minimum Gasteiger partial charge on any atom is -0.352 e. The Labute approximate surface area is 180 Å². The number of aryl methyl sites for hydroxylation is 3. The molecule has 0 heterocycles. The van der Waals surface area contributed by atoms with Gasteiger partial charge in [0, 0.05) is 12.6 Å². The highest BCUT2D eigenvalue weighted by Gasteiger charge is 2.28. The van der Waals surface area contributed by atoms with Gasteiger partial charge in [-0.1, -0.05) is 66.4 Å². The molecule has 0 spiro atoms. The van der Waals surface area contributed by atoms with Crippen molar-refractivity contribution >= 4 is 11.8 Å². The molecular weight excluding hydrogens is 372 g/mol. The lowest BCUT2D eigenvalue weighted by Crippen LogP contribution is -2.50. The van der Waals surface area contributed by atoms with Crippen molar-refractivity contribution in [1.82, 2.24) is 10.2 Å². The van der Waals surface area contributed by atoms with Gasteiger partial charge in [0.25, 0.3) is 0 Å². The van der Waals surface area contributed by atoms with Crippen LogP contribution in [-0.2, 0) is 22.6 Å². The predicted octanol–water partition coefficient (Wildman–Crippen LogP) is 4.63. The minimum atomic E-state index is -0.510. The molecule has 1 saturated carbocycles. The molecule has 4 heteroatoms. The zero-order valence-corrected chi connectivity index (χ0v) is 18.7. The second-order valence-electron chi connectivity index (χ2n) is 8.78. The summed E-state index contributed by atoms with van der Waals surface area (Å²) in [5, 5.41) is 3.16. The molecule has 1 fully saturated rings. The molecule has 0 saturated heterocycles. The Kier molecular flexibility index (Phi) is 7.30. The Bertz CT molecular complexity index is 882. The number of amides is 2. The molecule has 2 amide bonds. The maximum Gasteiger partial charge on any atom is 0.242 e. The molecule has 0 bridgehead atoms. The third-order valence-electron chi connectivity index (χ3n) is 6.19. The van der Waals surface area contributed by atoms with Gasteiger partial charge in [0.05, 0.1) is 6.42 Å². The number of carbonyl (C=O) groups is 2. The fourth-order valence-electron chi connectivity index (χ4n) is 4.12. The number of nitrogens with one attached hydrogen (secondary N) is 1. The van der Waals surface area contributed by atoms with Gasteiger partial charge in [-0.15, -0.1) is 0 Å². The third kappa shape index (κ3) is 5.71. The lowest BCUT2D eigenvalue weighted by atomic mass is 10.0. The first-order valence-electron chi connectivity index (χ1n) is 11.0. The fourth-order valence-corrected chi connectivity index (χ4v) is 4.12. The van der Waals surface area contributed by atoms with Crippen molar-refractivity contribution in [1.29, 1.82) is 0 Å². The summed E-state index contributed by atoms with van der Waals surface area (Å²) in [6, 6.07) is 14.1. The summed E-state index contributed by atoms with van der Waals surface area (Å²) >= 11 is 0. The second-order valence-corrected chi connectivity index (χ2v) is 8.78. The third-order valence-corrected chi connectivity index (χ3v) is 6.19. The van der Waals surface area contributed by atoms with E-state index in [-0.39, 0.29) is 17.9 Å². The molecule has 1 atom stereocenters. The van der Waals surface area contributed by atoms with E-state index in [4.69, 9.17) is 0 Å². The zero-order chi connectivity index (χ0) is 21.7. The molecule has 2 aromatic carbocycles. The van der Waals surface area contributed by atoms with E-state index in [2.05, 4.69) is 23.5 Å². The van der Waals surface area contributed by atoms with Crippen LogP contribution in [0, 0.1) is 20.8 Å². The van der Waals surface area contributed by atoms with Crippen LogP contribution in [0.4, 0.5) is 0 Å². The Hall–Kier alpha value is -2.62. The van der Waals surface area contributed by atoms with E-state index in [1.165, 1.54) is 5.56 Å². The molecule has 160 valence electrons. The molecule has 1 aliphatic rings. The molecule has 0 aromatic heterocycles. The smallest absolute Gasteiger partial charge is 0.242 e. The number of hydrogen-bond acceptors (Lipinski definition) is 2. The van der Waals surface area contributed by atoms with Crippen LogP contribution in [0.1, 0.15) is 60.4 Å². The summed E-state index contributed by atoms with van der Waals surface area (Å²) in [4.78, 5) is 28.1. The number of nitrogens with zero attached hydrogens (tertiary/aromatic N) is 1. The largest absolute Gasteiger partial charge is 0.352 e. The second kappa shape index (κ2) is 9.92. The quantitative estimate of drug-likeness (QED) is 0.729. The molecule has 1 N–H and O–H groups in total.